The van der Waals surface area contributed by atoms with E-state index in [2.05, 4.69) is 49.1 Å². The molecule has 1 aromatic carbocycles. The predicted octanol–water partition coefficient (Wildman–Crippen LogP) is 3.38. The normalized spacial score (nSPS) is 39.0. The Morgan fingerprint density at radius 3 is 2.45 bits per heavy atom. The van der Waals surface area contributed by atoms with Crippen LogP contribution in [0.15, 0.2) is 30.3 Å². The summed E-state index contributed by atoms with van der Waals surface area (Å²) in [4.78, 5) is 2.70. The van der Waals surface area contributed by atoms with Crippen LogP contribution in [-0.2, 0) is 0 Å². The Hall–Kier alpha value is -0.860. The summed E-state index contributed by atoms with van der Waals surface area (Å²) in [5.41, 5.74) is 7.97. The summed E-state index contributed by atoms with van der Waals surface area (Å²) in [5.74, 6) is 1.53. The van der Waals surface area contributed by atoms with E-state index in [4.69, 9.17) is 5.73 Å². The maximum atomic E-state index is 6.47. The van der Waals surface area contributed by atoms with Crippen molar-refractivity contribution in [2.24, 2.45) is 11.7 Å². The Kier molecular flexibility index (Phi) is 4.13. The monoisotopic (exact) mass is 272 g/mol. The van der Waals surface area contributed by atoms with Crippen molar-refractivity contribution in [3.63, 3.8) is 0 Å². The van der Waals surface area contributed by atoms with E-state index in [0.29, 0.717) is 24.0 Å². The maximum absolute atomic E-state index is 6.47. The van der Waals surface area contributed by atoms with E-state index in [-0.39, 0.29) is 0 Å². The van der Waals surface area contributed by atoms with Crippen molar-refractivity contribution in [1.82, 2.24) is 4.90 Å². The second-order valence-electron chi connectivity index (χ2n) is 7.04. The van der Waals surface area contributed by atoms with Gasteiger partial charge in [0.2, 0.25) is 0 Å². The molecule has 0 bridgehead atoms. The zero-order valence-corrected chi connectivity index (χ0v) is 12.8. The number of rotatable bonds is 2. The lowest BCUT2D eigenvalue weighted by Crippen LogP contribution is -2.52. The maximum Gasteiger partial charge on any atom is 0.0255 e. The van der Waals surface area contributed by atoms with Crippen LogP contribution >= 0.6 is 0 Å². The molecular formula is C18H28N2. The highest BCUT2D eigenvalue weighted by Gasteiger charge is 2.38. The van der Waals surface area contributed by atoms with Crippen LogP contribution in [0, 0.1) is 5.92 Å². The average molecular weight is 272 g/mol. The molecule has 0 spiro atoms. The summed E-state index contributed by atoms with van der Waals surface area (Å²) in [5, 5.41) is 0. The van der Waals surface area contributed by atoms with Crippen molar-refractivity contribution in [3.8, 4) is 0 Å². The van der Waals surface area contributed by atoms with E-state index in [1.165, 1.54) is 37.8 Å². The van der Waals surface area contributed by atoms with Gasteiger partial charge in [-0.25, -0.2) is 0 Å². The van der Waals surface area contributed by atoms with Crippen LogP contribution in [0.2, 0.25) is 0 Å². The van der Waals surface area contributed by atoms with Crippen molar-refractivity contribution in [2.75, 3.05) is 6.54 Å². The summed E-state index contributed by atoms with van der Waals surface area (Å²) >= 11 is 0. The van der Waals surface area contributed by atoms with Crippen molar-refractivity contribution in [3.05, 3.63) is 35.9 Å². The first-order chi connectivity index (χ1) is 9.65. The molecule has 2 fully saturated rings. The molecule has 2 aliphatic rings. The molecule has 110 valence electrons. The van der Waals surface area contributed by atoms with Gasteiger partial charge in [-0.3, -0.25) is 4.90 Å². The van der Waals surface area contributed by atoms with Gasteiger partial charge in [-0.05, 0) is 50.0 Å². The minimum absolute atomic E-state index is 0.364. The molecule has 0 amide bonds. The lowest BCUT2D eigenvalue weighted by molar-refractivity contribution is 0.120. The first kappa shape index (κ1) is 14.1. The zero-order valence-electron chi connectivity index (χ0n) is 12.8. The second-order valence-corrected chi connectivity index (χ2v) is 7.04. The third-order valence-electron chi connectivity index (χ3n) is 5.40. The van der Waals surface area contributed by atoms with E-state index in [9.17, 15) is 0 Å². The van der Waals surface area contributed by atoms with E-state index in [1.54, 1.807) is 0 Å². The Balaban J connectivity index is 1.74. The molecular weight excluding hydrogens is 244 g/mol. The minimum Gasteiger partial charge on any atom is -0.326 e. The van der Waals surface area contributed by atoms with Crippen molar-refractivity contribution in [2.45, 2.75) is 63.6 Å². The molecule has 1 heterocycles. The van der Waals surface area contributed by atoms with Gasteiger partial charge >= 0.3 is 0 Å². The highest BCUT2D eigenvalue weighted by atomic mass is 15.2. The van der Waals surface area contributed by atoms with Gasteiger partial charge in [0, 0.05) is 24.7 Å². The summed E-state index contributed by atoms with van der Waals surface area (Å²) in [6.07, 6.45) is 4.99. The topological polar surface area (TPSA) is 29.3 Å². The molecule has 0 aromatic heterocycles. The van der Waals surface area contributed by atoms with Gasteiger partial charge in [-0.2, -0.15) is 0 Å². The predicted molar refractivity (Wildman–Crippen MR) is 84.7 cm³/mol. The van der Waals surface area contributed by atoms with Crippen LogP contribution in [0.3, 0.4) is 0 Å². The number of hydrogen-bond donors (Lipinski definition) is 1. The molecule has 5 unspecified atom stereocenters. The first-order valence-corrected chi connectivity index (χ1v) is 8.21. The summed E-state index contributed by atoms with van der Waals surface area (Å²) < 4.78 is 0. The molecule has 1 aliphatic heterocycles. The van der Waals surface area contributed by atoms with Crippen molar-refractivity contribution >= 4 is 0 Å². The average Bonchev–Trinajstić information content (AvgIpc) is 2.79. The van der Waals surface area contributed by atoms with Crippen LogP contribution in [0.5, 0.6) is 0 Å². The number of nitrogens with two attached hydrogens (primary N) is 1. The Morgan fingerprint density at radius 1 is 1.05 bits per heavy atom. The third kappa shape index (κ3) is 2.77. The number of nitrogens with zero attached hydrogens (tertiary/aromatic N) is 1. The Bertz CT molecular complexity index is 430. The van der Waals surface area contributed by atoms with Crippen LogP contribution in [0.1, 0.15) is 51.0 Å². The van der Waals surface area contributed by atoms with Crippen LogP contribution in [-0.4, -0.2) is 29.6 Å². The number of likely N-dealkylation sites (tertiary alicyclic amines) is 1. The number of benzene rings is 1. The molecule has 3 rings (SSSR count). The van der Waals surface area contributed by atoms with Gasteiger partial charge in [0.25, 0.3) is 0 Å². The lowest BCUT2D eigenvalue weighted by Gasteiger charge is -2.41. The third-order valence-corrected chi connectivity index (χ3v) is 5.40. The van der Waals surface area contributed by atoms with E-state index < -0.39 is 0 Å². The highest BCUT2D eigenvalue weighted by molar-refractivity contribution is 5.21. The fraction of sp³-hybridized carbons (Fsp3) is 0.667. The van der Waals surface area contributed by atoms with E-state index in [1.807, 2.05) is 0 Å². The summed E-state index contributed by atoms with van der Waals surface area (Å²) in [6.45, 7) is 5.99. The van der Waals surface area contributed by atoms with Crippen LogP contribution in [0.25, 0.3) is 0 Å². The van der Waals surface area contributed by atoms with Gasteiger partial charge in [0.05, 0.1) is 0 Å². The fourth-order valence-electron chi connectivity index (χ4n) is 4.37. The molecule has 2 heteroatoms. The highest BCUT2D eigenvalue weighted by Crippen LogP contribution is 2.37. The Morgan fingerprint density at radius 2 is 1.80 bits per heavy atom. The molecule has 20 heavy (non-hydrogen) atoms. The fourth-order valence-corrected chi connectivity index (χ4v) is 4.37. The SMILES string of the molecule is CC1CC(C)N(C2CC(c3ccccc3)CCC2N)C1. The molecule has 2 N–H and O–H groups in total. The zero-order chi connectivity index (χ0) is 14.1. The quantitative estimate of drug-likeness (QED) is 0.894. The smallest absolute Gasteiger partial charge is 0.0255 e. The molecule has 2 nitrogen and oxygen atoms in total. The molecule has 5 atom stereocenters. The first-order valence-electron chi connectivity index (χ1n) is 8.21. The van der Waals surface area contributed by atoms with Crippen LogP contribution < -0.4 is 5.73 Å². The summed E-state index contributed by atoms with van der Waals surface area (Å²) in [6, 6.07) is 12.7. The molecule has 1 aliphatic carbocycles. The summed E-state index contributed by atoms with van der Waals surface area (Å²) in [7, 11) is 0. The van der Waals surface area contributed by atoms with Gasteiger partial charge in [0.1, 0.15) is 0 Å². The van der Waals surface area contributed by atoms with E-state index in [0.717, 1.165) is 5.92 Å². The molecule has 1 saturated carbocycles. The molecule has 1 saturated heterocycles. The van der Waals surface area contributed by atoms with Gasteiger partial charge in [-0.1, -0.05) is 37.3 Å². The molecule has 0 radical (unpaired) electrons. The molecule has 1 aromatic rings. The van der Waals surface area contributed by atoms with Gasteiger partial charge in [0.15, 0.2) is 0 Å². The van der Waals surface area contributed by atoms with Gasteiger partial charge < -0.3 is 5.73 Å². The standard InChI is InChI=1S/C18H28N2/c1-13-10-14(2)20(12-13)18-11-16(8-9-17(18)19)15-6-4-3-5-7-15/h3-7,13-14,16-18H,8-12,19H2,1-2H3. The van der Waals surface area contributed by atoms with E-state index >= 15 is 0 Å². The largest absolute Gasteiger partial charge is 0.326 e. The van der Waals surface area contributed by atoms with Crippen molar-refractivity contribution < 1.29 is 0 Å². The lowest BCUT2D eigenvalue weighted by atomic mass is 9.78. The van der Waals surface area contributed by atoms with Gasteiger partial charge in [-0.15, -0.1) is 0 Å². The minimum atomic E-state index is 0.364. The van der Waals surface area contributed by atoms with Crippen LogP contribution in [0.4, 0.5) is 0 Å². The number of hydrogen-bond acceptors (Lipinski definition) is 2. The Labute approximate surface area is 123 Å². The van der Waals surface area contributed by atoms with Crippen molar-refractivity contribution in [1.29, 1.82) is 0 Å². The second kappa shape index (κ2) is 5.87.